The molecule has 102 valence electrons. The third kappa shape index (κ3) is 2.90. The molecule has 2 rings (SSSR count). The Balaban J connectivity index is 2.39. The van der Waals surface area contributed by atoms with Crippen LogP contribution in [-0.4, -0.2) is 26.8 Å². The Morgan fingerprint density at radius 1 is 1.47 bits per heavy atom. The Kier molecular flexibility index (Phi) is 4.44. The first-order valence-corrected chi connectivity index (χ1v) is 6.49. The van der Waals surface area contributed by atoms with Gasteiger partial charge in [0.1, 0.15) is 5.69 Å². The van der Waals surface area contributed by atoms with Crippen LogP contribution in [0.2, 0.25) is 5.02 Å². The number of halogens is 2. The molecule has 1 unspecified atom stereocenters. The second-order valence-electron chi connectivity index (χ2n) is 4.19. The Morgan fingerprint density at radius 2 is 2.26 bits per heavy atom. The predicted molar refractivity (Wildman–Crippen MR) is 70.8 cm³/mol. The van der Waals surface area contributed by atoms with Crippen LogP contribution in [0.3, 0.4) is 0 Å². The van der Waals surface area contributed by atoms with Crippen molar-refractivity contribution in [3.8, 4) is 5.69 Å². The van der Waals surface area contributed by atoms with E-state index in [1.54, 1.807) is 12.1 Å². The average molecular weight is 284 g/mol. The number of benzene rings is 1. The van der Waals surface area contributed by atoms with Gasteiger partial charge in [-0.3, -0.25) is 0 Å². The van der Waals surface area contributed by atoms with Crippen molar-refractivity contribution in [2.45, 2.75) is 26.3 Å². The van der Waals surface area contributed by atoms with Gasteiger partial charge in [0.05, 0.1) is 11.1 Å². The molecule has 1 heterocycles. The van der Waals surface area contributed by atoms with Gasteiger partial charge in [0.2, 0.25) is 0 Å². The quantitative estimate of drug-likeness (QED) is 0.916. The van der Waals surface area contributed by atoms with E-state index in [4.69, 9.17) is 11.6 Å². The van der Waals surface area contributed by atoms with Gasteiger partial charge in [0.15, 0.2) is 11.6 Å². The lowest BCUT2D eigenvalue weighted by Crippen LogP contribution is -2.23. The number of tetrazole rings is 1. The molecule has 19 heavy (non-hydrogen) atoms. The third-order valence-electron chi connectivity index (χ3n) is 2.73. The molecule has 0 radical (unpaired) electrons. The highest BCUT2D eigenvalue weighted by atomic mass is 35.5. The van der Waals surface area contributed by atoms with Crippen LogP contribution >= 0.6 is 11.6 Å². The van der Waals surface area contributed by atoms with Crippen molar-refractivity contribution in [2.75, 3.05) is 6.54 Å². The highest BCUT2D eigenvalue weighted by molar-refractivity contribution is 6.32. The minimum atomic E-state index is -0.455. The lowest BCUT2D eigenvalue weighted by atomic mass is 10.2. The molecular formula is C12H15ClFN5. The number of hydrogen-bond donors (Lipinski definition) is 1. The molecule has 7 heteroatoms. The molecule has 0 spiro atoms. The summed E-state index contributed by atoms with van der Waals surface area (Å²) in [7, 11) is 0. The summed E-state index contributed by atoms with van der Waals surface area (Å²) in [6.07, 6.45) is 0.992. The van der Waals surface area contributed by atoms with Gasteiger partial charge < -0.3 is 5.32 Å². The van der Waals surface area contributed by atoms with E-state index in [1.165, 1.54) is 10.7 Å². The van der Waals surface area contributed by atoms with Gasteiger partial charge in [-0.1, -0.05) is 24.6 Å². The molecule has 5 nitrogen and oxygen atoms in total. The monoisotopic (exact) mass is 283 g/mol. The summed E-state index contributed by atoms with van der Waals surface area (Å²) < 4.78 is 15.2. The van der Waals surface area contributed by atoms with E-state index in [2.05, 4.69) is 27.8 Å². The molecule has 1 atom stereocenters. The molecule has 0 amide bonds. The van der Waals surface area contributed by atoms with Gasteiger partial charge in [0, 0.05) is 0 Å². The van der Waals surface area contributed by atoms with E-state index in [0.29, 0.717) is 5.82 Å². The number of para-hydroxylation sites is 1. The van der Waals surface area contributed by atoms with Gasteiger partial charge in [-0.25, -0.2) is 4.39 Å². The van der Waals surface area contributed by atoms with Crippen molar-refractivity contribution in [3.63, 3.8) is 0 Å². The first-order valence-electron chi connectivity index (χ1n) is 6.11. The van der Waals surface area contributed by atoms with Crippen LogP contribution in [0.5, 0.6) is 0 Å². The van der Waals surface area contributed by atoms with Crippen LogP contribution in [0, 0.1) is 5.82 Å². The van der Waals surface area contributed by atoms with Gasteiger partial charge in [-0.15, -0.1) is 5.10 Å². The van der Waals surface area contributed by atoms with Gasteiger partial charge >= 0.3 is 0 Å². The van der Waals surface area contributed by atoms with Crippen molar-refractivity contribution in [1.82, 2.24) is 25.5 Å². The van der Waals surface area contributed by atoms with E-state index in [-0.39, 0.29) is 16.8 Å². The van der Waals surface area contributed by atoms with Crippen molar-refractivity contribution in [3.05, 3.63) is 34.9 Å². The van der Waals surface area contributed by atoms with Crippen LogP contribution in [-0.2, 0) is 0 Å². The minimum Gasteiger partial charge on any atom is -0.307 e. The SMILES string of the molecule is CCCNC(C)c1nnnn1-c1c(F)cccc1Cl. The van der Waals surface area contributed by atoms with Crippen molar-refractivity contribution in [1.29, 1.82) is 0 Å². The normalized spacial score (nSPS) is 12.6. The largest absolute Gasteiger partial charge is 0.307 e. The van der Waals surface area contributed by atoms with E-state index in [0.717, 1.165) is 13.0 Å². The molecular weight excluding hydrogens is 269 g/mol. The van der Waals surface area contributed by atoms with Crippen LogP contribution in [0.1, 0.15) is 32.1 Å². The predicted octanol–water partition coefficient (Wildman–Crippen LogP) is 2.52. The second-order valence-corrected chi connectivity index (χ2v) is 4.60. The standard InChI is InChI=1S/C12H15ClFN5/c1-3-7-15-8(2)12-16-17-18-19(12)11-9(13)5-4-6-10(11)14/h4-6,8,15H,3,7H2,1-2H3. The zero-order valence-corrected chi connectivity index (χ0v) is 11.5. The summed E-state index contributed by atoms with van der Waals surface area (Å²) in [5.41, 5.74) is 0.175. The molecule has 1 aromatic heterocycles. The fraction of sp³-hybridized carbons (Fsp3) is 0.417. The molecule has 0 aliphatic rings. The lowest BCUT2D eigenvalue weighted by molar-refractivity contribution is 0.524. The number of nitrogens with zero attached hydrogens (tertiary/aromatic N) is 4. The van der Waals surface area contributed by atoms with Crippen LogP contribution in [0.25, 0.3) is 5.69 Å². The van der Waals surface area contributed by atoms with Gasteiger partial charge in [-0.05, 0) is 42.4 Å². The molecule has 0 bridgehead atoms. The summed E-state index contributed by atoms with van der Waals surface area (Å²) in [4.78, 5) is 0. The molecule has 2 aromatic rings. The Bertz CT molecular complexity index is 537. The number of nitrogens with one attached hydrogen (secondary N) is 1. The topological polar surface area (TPSA) is 55.6 Å². The maximum absolute atomic E-state index is 13.9. The van der Waals surface area contributed by atoms with Crippen molar-refractivity contribution < 1.29 is 4.39 Å². The fourth-order valence-corrected chi connectivity index (χ4v) is 2.01. The van der Waals surface area contributed by atoms with E-state index in [9.17, 15) is 4.39 Å². The number of rotatable bonds is 5. The molecule has 0 saturated carbocycles. The maximum Gasteiger partial charge on any atom is 0.173 e. The number of hydrogen-bond acceptors (Lipinski definition) is 4. The molecule has 1 aromatic carbocycles. The summed E-state index contributed by atoms with van der Waals surface area (Å²) in [5, 5.41) is 14.9. The van der Waals surface area contributed by atoms with E-state index < -0.39 is 5.82 Å². The van der Waals surface area contributed by atoms with Crippen molar-refractivity contribution in [2.24, 2.45) is 0 Å². The zero-order chi connectivity index (χ0) is 13.8. The fourth-order valence-electron chi connectivity index (χ4n) is 1.77. The lowest BCUT2D eigenvalue weighted by Gasteiger charge is -2.13. The summed E-state index contributed by atoms with van der Waals surface area (Å²) in [6.45, 7) is 4.82. The minimum absolute atomic E-state index is 0.0920. The summed E-state index contributed by atoms with van der Waals surface area (Å²) >= 11 is 6.03. The molecule has 0 saturated heterocycles. The van der Waals surface area contributed by atoms with Gasteiger partial charge in [-0.2, -0.15) is 4.68 Å². The Morgan fingerprint density at radius 3 is 2.95 bits per heavy atom. The van der Waals surface area contributed by atoms with E-state index in [1.807, 2.05) is 6.92 Å². The van der Waals surface area contributed by atoms with Crippen LogP contribution in [0.4, 0.5) is 4.39 Å². The maximum atomic E-state index is 13.9. The smallest absolute Gasteiger partial charge is 0.173 e. The van der Waals surface area contributed by atoms with Crippen LogP contribution in [0.15, 0.2) is 18.2 Å². The molecule has 0 fully saturated rings. The highest BCUT2D eigenvalue weighted by Gasteiger charge is 2.19. The molecule has 0 aliphatic heterocycles. The second kappa shape index (κ2) is 6.08. The van der Waals surface area contributed by atoms with Crippen LogP contribution < -0.4 is 5.32 Å². The first kappa shape index (κ1) is 13.9. The number of aromatic nitrogens is 4. The Labute approximate surface area is 115 Å². The Hall–Kier alpha value is -1.53. The highest BCUT2D eigenvalue weighted by Crippen LogP contribution is 2.24. The first-order chi connectivity index (χ1) is 9.15. The molecule has 0 aliphatic carbocycles. The zero-order valence-electron chi connectivity index (χ0n) is 10.8. The average Bonchev–Trinajstić information content (AvgIpc) is 2.85. The summed E-state index contributed by atoms with van der Waals surface area (Å²) in [5.74, 6) is 0.0733. The summed E-state index contributed by atoms with van der Waals surface area (Å²) in [6, 6.07) is 4.39. The van der Waals surface area contributed by atoms with E-state index >= 15 is 0 Å². The molecule has 1 N–H and O–H groups in total. The third-order valence-corrected chi connectivity index (χ3v) is 3.04. The van der Waals surface area contributed by atoms with Gasteiger partial charge in [0.25, 0.3) is 0 Å². The van der Waals surface area contributed by atoms with Crippen molar-refractivity contribution >= 4 is 11.6 Å².